The van der Waals surface area contributed by atoms with E-state index in [0.717, 1.165) is 18.8 Å². The highest BCUT2D eigenvalue weighted by Crippen LogP contribution is 2.75. The number of rotatable bonds is 3. The van der Waals surface area contributed by atoms with Crippen LogP contribution in [0.2, 0.25) is 0 Å². The summed E-state index contributed by atoms with van der Waals surface area (Å²) in [6.07, 6.45) is 10.6. The maximum absolute atomic E-state index is 11.2. The molecule has 0 aromatic rings. The average Bonchev–Trinajstić information content (AvgIpc) is 2.85. The van der Waals surface area contributed by atoms with Crippen LogP contribution in [0.15, 0.2) is 23.3 Å². The molecule has 0 aliphatic heterocycles. The molecule has 1 heteroatoms. The van der Waals surface area contributed by atoms with Crippen LogP contribution < -0.4 is 0 Å². The Kier molecular flexibility index (Phi) is 3.64. The minimum Gasteiger partial charge on any atom is -0.389 e. The topological polar surface area (TPSA) is 20.2 Å². The van der Waals surface area contributed by atoms with Crippen molar-refractivity contribution in [2.75, 3.05) is 0 Å². The maximum atomic E-state index is 11.2. The molecule has 0 aromatic heterocycles. The van der Waals surface area contributed by atoms with Crippen molar-refractivity contribution in [3.8, 4) is 0 Å². The van der Waals surface area contributed by atoms with Crippen molar-refractivity contribution in [3.63, 3.8) is 0 Å². The molecular weight excluding hydrogens is 256 g/mol. The molecule has 21 heavy (non-hydrogen) atoms. The van der Waals surface area contributed by atoms with E-state index < -0.39 is 0 Å². The van der Waals surface area contributed by atoms with Crippen molar-refractivity contribution < 1.29 is 5.11 Å². The normalized spacial score (nSPS) is 48.6. The maximum Gasteiger partial charge on any atom is 0.0737 e. The Labute approximate surface area is 130 Å². The number of hydrogen-bond donors (Lipinski definition) is 1. The van der Waals surface area contributed by atoms with Crippen molar-refractivity contribution in [3.05, 3.63) is 23.3 Å². The van der Waals surface area contributed by atoms with Crippen molar-refractivity contribution in [2.45, 2.75) is 72.3 Å². The summed E-state index contributed by atoms with van der Waals surface area (Å²) in [7, 11) is 0. The van der Waals surface area contributed by atoms with Gasteiger partial charge >= 0.3 is 0 Å². The van der Waals surface area contributed by atoms with Crippen LogP contribution in [0.3, 0.4) is 0 Å². The van der Waals surface area contributed by atoms with Gasteiger partial charge in [-0.05, 0) is 76.5 Å². The van der Waals surface area contributed by atoms with Crippen molar-refractivity contribution in [1.29, 1.82) is 0 Å². The van der Waals surface area contributed by atoms with Gasteiger partial charge in [0.05, 0.1) is 5.60 Å². The summed E-state index contributed by atoms with van der Waals surface area (Å²) in [6.45, 7) is 11.4. The van der Waals surface area contributed by atoms with Gasteiger partial charge in [0, 0.05) is 5.41 Å². The van der Waals surface area contributed by atoms with Gasteiger partial charge in [-0.2, -0.15) is 0 Å². The minimum atomic E-state index is -0.341. The minimum absolute atomic E-state index is 0.193. The molecule has 0 amide bonds. The van der Waals surface area contributed by atoms with E-state index in [2.05, 4.69) is 46.8 Å². The molecule has 3 saturated carbocycles. The second-order valence-corrected chi connectivity index (χ2v) is 8.52. The fourth-order valence-electron chi connectivity index (χ4n) is 6.03. The molecule has 3 aliphatic carbocycles. The smallest absolute Gasteiger partial charge is 0.0737 e. The first kappa shape index (κ1) is 15.3. The molecule has 3 aliphatic rings. The van der Waals surface area contributed by atoms with Crippen LogP contribution in [0.5, 0.6) is 0 Å². The summed E-state index contributed by atoms with van der Waals surface area (Å²) in [5, 5.41) is 11.2. The highest BCUT2D eigenvalue weighted by molar-refractivity contribution is 5.28. The van der Waals surface area contributed by atoms with Crippen molar-refractivity contribution >= 4 is 0 Å². The van der Waals surface area contributed by atoms with Gasteiger partial charge in [0.15, 0.2) is 0 Å². The van der Waals surface area contributed by atoms with Gasteiger partial charge in [0.2, 0.25) is 0 Å². The summed E-state index contributed by atoms with van der Waals surface area (Å²) in [6, 6.07) is 0. The molecule has 0 bridgehead atoms. The van der Waals surface area contributed by atoms with E-state index >= 15 is 0 Å². The van der Waals surface area contributed by atoms with Gasteiger partial charge in [-0.3, -0.25) is 0 Å². The van der Waals surface area contributed by atoms with E-state index in [4.69, 9.17) is 0 Å². The molecule has 0 radical (unpaired) electrons. The summed E-state index contributed by atoms with van der Waals surface area (Å²) in [4.78, 5) is 0. The molecule has 0 spiro atoms. The Morgan fingerprint density at radius 1 is 1.10 bits per heavy atom. The number of fused-ring (bicyclic) bond motifs is 4. The standard InChI is InChI=1S/C20H32O/c1-13(2)7-6-8-14(3)16-10-11-19(5)18(16)17-15(4)9-12-20(17,19)21/h7-8,15-18,21H,6,9-12H2,1-5H3/b14-8-/t15-,16+,17+,18+,19+,20?/m1/s1. The third-order valence-electron chi connectivity index (χ3n) is 7.22. The SMILES string of the molecule is CC(C)=CC/C=C(/C)[C@@H]1CC[C@@]2(C)[C@@H]1[C@@H]1[C@H](C)CCC12O. The van der Waals surface area contributed by atoms with Crippen molar-refractivity contribution in [1.82, 2.24) is 0 Å². The van der Waals surface area contributed by atoms with E-state index in [1.807, 2.05) is 0 Å². The summed E-state index contributed by atoms with van der Waals surface area (Å²) in [5.74, 6) is 2.70. The zero-order valence-electron chi connectivity index (χ0n) is 14.4. The van der Waals surface area contributed by atoms with Gasteiger partial charge < -0.3 is 5.11 Å². The molecule has 6 atom stereocenters. The lowest BCUT2D eigenvalue weighted by molar-refractivity contribution is -0.241. The van der Waals surface area contributed by atoms with Gasteiger partial charge in [-0.15, -0.1) is 0 Å². The molecule has 0 saturated heterocycles. The first-order valence-electron chi connectivity index (χ1n) is 8.83. The molecule has 1 N–H and O–H groups in total. The van der Waals surface area contributed by atoms with Crippen LogP contribution >= 0.6 is 0 Å². The molecule has 0 heterocycles. The molecule has 0 aromatic carbocycles. The molecule has 3 rings (SSSR count). The predicted octanol–water partition coefficient (Wildman–Crippen LogP) is 5.11. The van der Waals surface area contributed by atoms with E-state index in [9.17, 15) is 5.11 Å². The zero-order chi connectivity index (χ0) is 15.4. The van der Waals surface area contributed by atoms with E-state index in [1.165, 1.54) is 24.8 Å². The van der Waals surface area contributed by atoms with Gasteiger partial charge in [0.1, 0.15) is 0 Å². The summed E-state index contributed by atoms with van der Waals surface area (Å²) < 4.78 is 0. The van der Waals surface area contributed by atoms with Crippen LogP contribution in [-0.4, -0.2) is 10.7 Å². The van der Waals surface area contributed by atoms with E-state index in [0.29, 0.717) is 17.8 Å². The third-order valence-corrected chi connectivity index (χ3v) is 7.22. The number of allylic oxidation sites excluding steroid dienone is 4. The van der Waals surface area contributed by atoms with Gasteiger partial charge in [-0.25, -0.2) is 0 Å². The lowest BCUT2D eigenvalue weighted by Crippen LogP contribution is -2.67. The fourth-order valence-corrected chi connectivity index (χ4v) is 6.03. The Hall–Kier alpha value is -0.560. The number of hydrogen-bond acceptors (Lipinski definition) is 1. The molecule has 1 nitrogen and oxygen atoms in total. The van der Waals surface area contributed by atoms with Crippen molar-refractivity contribution in [2.24, 2.45) is 29.1 Å². The van der Waals surface area contributed by atoms with Crippen LogP contribution in [-0.2, 0) is 0 Å². The molecule has 118 valence electrons. The molecule has 1 unspecified atom stereocenters. The Bertz CT molecular complexity index is 484. The predicted molar refractivity (Wildman–Crippen MR) is 89.0 cm³/mol. The monoisotopic (exact) mass is 288 g/mol. The van der Waals surface area contributed by atoms with Crippen LogP contribution in [0, 0.1) is 29.1 Å². The second kappa shape index (κ2) is 4.98. The fraction of sp³-hybridized carbons (Fsp3) is 0.800. The Morgan fingerprint density at radius 2 is 1.81 bits per heavy atom. The van der Waals surface area contributed by atoms with E-state index in [-0.39, 0.29) is 11.0 Å². The van der Waals surface area contributed by atoms with Gasteiger partial charge in [-0.1, -0.05) is 37.1 Å². The number of aliphatic hydroxyl groups is 1. The highest BCUT2D eigenvalue weighted by Gasteiger charge is 2.75. The Morgan fingerprint density at radius 3 is 2.48 bits per heavy atom. The lowest BCUT2D eigenvalue weighted by atomic mass is 9.44. The highest BCUT2D eigenvalue weighted by atomic mass is 16.3. The third kappa shape index (κ3) is 2.00. The average molecular weight is 288 g/mol. The first-order chi connectivity index (χ1) is 9.81. The van der Waals surface area contributed by atoms with Crippen LogP contribution in [0.4, 0.5) is 0 Å². The van der Waals surface area contributed by atoms with Crippen LogP contribution in [0.25, 0.3) is 0 Å². The second-order valence-electron chi connectivity index (χ2n) is 8.52. The van der Waals surface area contributed by atoms with E-state index in [1.54, 1.807) is 5.57 Å². The van der Waals surface area contributed by atoms with Crippen LogP contribution in [0.1, 0.15) is 66.7 Å². The summed E-state index contributed by atoms with van der Waals surface area (Å²) in [5.41, 5.74) is 2.82. The molecular formula is C20H32O. The first-order valence-corrected chi connectivity index (χ1v) is 8.83. The van der Waals surface area contributed by atoms with Gasteiger partial charge in [0.25, 0.3) is 0 Å². The lowest BCUT2D eigenvalue weighted by Gasteiger charge is -2.63. The summed E-state index contributed by atoms with van der Waals surface area (Å²) >= 11 is 0. The largest absolute Gasteiger partial charge is 0.389 e. The quantitative estimate of drug-likeness (QED) is 0.715. The zero-order valence-corrected chi connectivity index (χ0v) is 14.4. The Balaban J connectivity index is 1.80. The molecule has 3 fully saturated rings.